The van der Waals surface area contributed by atoms with E-state index in [4.69, 9.17) is 4.42 Å². The van der Waals surface area contributed by atoms with Gasteiger partial charge in [-0.1, -0.05) is 30.3 Å². The topological polar surface area (TPSA) is 91.6 Å². The molecule has 1 atom stereocenters. The van der Waals surface area contributed by atoms with Crippen LogP contribution in [0.4, 0.5) is 0 Å². The Morgan fingerprint density at radius 1 is 1.05 bits per heavy atom. The van der Waals surface area contributed by atoms with Crippen molar-refractivity contribution in [3.8, 4) is 0 Å². The molecule has 1 aromatic heterocycles. The summed E-state index contributed by atoms with van der Waals surface area (Å²) >= 11 is 0. The van der Waals surface area contributed by atoms with E-state index in [0.717, 1.165) is 0 Å². The van der Waals surface area contributed by atoms with Gasteiger partial charge in [-0.25, -0.2) is 0 Å². The van der Waals surface area contributed by atoms with Gasteiger partial charge in [-0.05, 0) is 17.7 Å². The van der Waals surface area contributed by atoms with Gasteiger partial charge in [0.05, 0.1) is 18.9 Å². The first-order chi connectivity index (χ1) is 10.2. The smallest absolute Gasteiger partial charge is 0.309 e. The first kappa shape index (κ1) is 14.8. The van der Waals surface area contributed by atoms with Crippen LogP contribution in [0.5, 0.6) is 0 Å². The highest BCUT2D eigenvalue weighted by Gasteiger charge is 2.15. The molecule has 0 aliphatic carbocycles. The van der Waals surface area contributed by atoms with Crippen molar-refractivity contribution in [3.05, 3.63) is 60.1 Å². The fourth-order valence-corrected chi connectivity index (χ4v) is 1.72. The molecule has 0 spiro atoms. The van der Waals surface area contributed by atoms with Gasteiger partial charge in [0.25, 0.3) is 0 Å². The summed E-state index contributed by atoms with van der Waals surface area (Å²) in [5.41, 5.74) is 0.675. The minimum absolute atomic E-state index is 0.0307. The van der Waals surface area contributed by atoms with Gasteiger partial charge in [0, 0.05) is 6.54 Å². The largest absolute Gasteiger partial charge is 0.467 e. The molecule has 3 N–H and O–H groups in total. The fraction of sp³-hybridized carbons (Fsp3) is 0.200. The van der Waals surface area contributed by atoms with E-state index in [0.29, 0.717) is 11.3 Å². The number of benzene rings is 1. The van der Waals surface area contributed by atoms with Crippen molar-refractivity contribution in [2.75, 3.05) is 6.54 Å². The van der Waals surface area contributed by atoms with Crippen LogP contribution in [0.1, 0.15) is 17.4 Å². The third kappa shape index (κ3) is 4.47. The van der Waals surface area contributed by atoms with Crippen LogP contribution in [0.15, 0.2) is 53.1 Å². The Labute approximate surface area is 121 Å². The van der Waals surface area contributed by atoms with Crippen LogP contribution in [0, 0.1) is 0 Å². The van der Waals surface area contributed by atoms with Gasteiger partial charge in [-0.15, -0.1) is 0 Å². The third-order valence-corrected chi connectivity index (χ3v) is 2.85. The average molecular weight is 288 g/mol. The van der Waals surface area contributed by atoms with Crippen molar-refractivity contribution in [1.29, 1.82) is 0 Å². The van der Waals surface area contributed by atoms with Crippen LogP contribution in [-0.4, -0.2) is 23.5 Å². The van der Waals surface area contributed by atoms with Crippen molar-refractivity contribution < 1.29 is 19.1 Å². The van der Waals surface area contributed by atoms with E-state index in [-0.39, 0.29) is 13.1 Å². The van der Waals surface area contributed by atoms with Crippen molar-refractivity contribution in [2.45, 2.75) is 12.6 Å². The van der Waals surface area contributed by atoms with Gasteiger partial charge in [0.2, 0.25) is 0 Å². The van der Waals surface area contributed by atoms with E-state index in [1.807, 2.05) is 6.07 Å². The number of aliphatic hydroxyl groups excluding tert-OH is 1. The van der Waals surface area contributed by atoms with Crippen LogP contribution < -0.4 is 10.6 Å². The zero-order chi connectivity index (χ0) is 15.1. The van der Waals surface area contributed by atoms with Crippen LogP contribution in [0.2, 0.25) is 0 Å². The number of rotatable bonds is 5. The summed E-state index contributed by atoms with van der Waals surface area (Å²) in [5, 5.41) is 14.7. The van der Waals surface area contributed by atoms with E-state index in [2.05, 4.69) is 10.6 Å². The number of carbonyl (C=O) groups is 2. The molecule has 0 saturated heterocycles. The molecule has 0 fully saturated rings. The second kappa shape index (κ2) is 7.25. The number of hydrogen-bond donors (Lipinski definition) is 3. The molecule has 21 heavy (non-hydrogen) atoms. The predicted molar refractivity (Wildman–Crippen MR) is 75.0 cm³/mol. The molecule has 0 saturated carbocycles. The molecule has 2 amide bonds. The van der Waals surface area contributed by atoms with Crippen LogP contribution in [0.25, 0.3) is 0 Å². The highest BCUT2D eigenvalue weighted by Crippen LogP contribution is 2.10. The maximum Gasteiger partial charge on any atom is 0.309 e. The van der Waals surface area contributed by atoms with Gasteiger partial charge >= 0.3 is 11.8 Å². The molecule has 6 heteroatoms. The third-order valence-electron chi connectivity index (χ3n) is 2.85. The Morgan fingerprint density at radius 3 is 2.43 bits per heavy atom. The SMILES string of the molecule is O=C(NCc1ccco1)C(=O)NC[C@@H](O)c1ccccc1. The maximum absolute atomic E-state index is 11.6. The first-order valence-corrected chi connectivity index (χ1v) is 6.48. The Morgan fingerprint density at radius 2 is 1.76 bits per heavy atom. The molecule has 2 aromatic rings. The lowest BCUT2D eigenvalue weighted by atomic mass is 10.1. The lowest BCUT2D eigenvalue weighted by Gasteiger charge is -2.11. The van der Waals surface area contributed by atoms with Crippen LogP contribution in [-0.2, 0) is 16.1 Å². The Kier molecular flexibility index (Phi) is 5.11. The summed E-state index contributed by atoms with van der Waals surface area (Å²) < 4.78 is 5.03. The molecule has 0 aliphatic rings. The number of hydrogen-bond acceptors (Lipinski definition) is 4. The first-order valence-electron chi connectivity index (χ1n) is 6.48. The van der Waals surface area contributed by atoms with E-state index in [9.17, 15) is 14.7 Å². The van der Waals surface area contributed by atoms with Crippen molar-refractivity contribution in [1.82, 2.24) is 10.6 Å². The van der Waals surface area contributed by atoms with E-state index in [1.54, 1.807) is 36.4 Å². The molecule has 0 unspecified atom stereocenters. The molecule has 0 radical (unpaired) electrons. The second-order valence-corrected chi connectivity index (χ2v) is 4.40. The van der Waals surface area contributed by atoms with Crippen molar-refractivity contribution in [3.63, 3.8) is 0 Å². The zero-order valence-corrected chi connectivity index (χ0v) is 11.3. The highest BCUT2D eigenvalue weighted by molar-refractivity contribution is 6.35. The molecule has 110 valence electrons. The molecule has 0 bridgehead atoms. The monoisotopic (exact) mass is 288 g/mol. The summed E-state index contributed by atoms with van der Waals surface area (Å²) in [7, 11) is 0. The minimum Gasteiger partial charge on any atom is -0.467 e. The molecule has 1 heterocycles. The van der Waals surface area contributed by atoms with E-state index >= 15 is 0 Å². The number of carbonyl (C=O) groups excluding carboxylic acids is 2. The number of aliphatic hydroxyl groups is 1. The standard InChI is InChI=1S/C15H16N2O4/c18-13(11-5-2-1-3-6-11)10-17-15(20)14(19)16-9-12-7-4-8-21-12/h1-8,13,18H,9-10H2,(H,16,19)(H,17,20)/t13-/m1/s1. The Bertz CT molecular complexity index is 581. The summed E-state index contributed by atoms with van der Waals surface area (Å²) in [6, 6.07) is 12.3. The molecule has 1 aromatic carbocycles. The average Bonchev–Trinajstić information content (AvgIpc) is 3.04. The maximum atomic E-state index is 11.6. The van der Waals surface area contributed by atoms with Crippen molar-refractivity contribution >= 4 is 11.8 Å². The quantitative estimate of drug-likeness (QED) is 0.708. The second-order valence-electron chi connectivity index (χ2n) is 4.40. The molecule has 2 rings (SSSR count). The normalized spacial score (nSPS) is 11.7. The molecule has 6 nitrogen and oxygen atoms in total. The summed E-state index contributed by atoms with van der Waals surface area (Å²) in [6.07, 6.45) is 0.630. The lowest BCUT2D eigenvalue weighted by molar-refractivity contribution is -0.139. The van der Waals surface area contributed by atoms with Crippen molar-refractivity contribution in [2.24, 2.45) is 0 Å². The molecular formula is C15H16N2O4. The number of nitrogens with one attached hydrogen (secondary N) is 2. The number of furan rings is 1. The van der Waals surface area contributed by atoms with Gasteiger partial charge in [0.1, 0.15) is 5.76 Å². The molecular weight excluding hydrogens is 272 g/mol. The van der Waals surface area contributed by atoms with E-state index < -0.39 is 17.9 Å². The van der Waals surface area contributed by atoms with E-state index in [1.165, 1.54) is 6.26 Å². The highest BCUT2D eigenvalue weighted by atomic mass is 16.3. The molecule has 0 aliphatic heterocycles. The van der Waals surface area contributed by atoms with Gasteiger partial charge in [0.15, 0.2) is 0 Å². The zero-order valence-electron chi connectivity index (χ0n) is 11.3. The fourth-order valence-electron chi connectivity index (χ4n) is 1.72. The van der Waals surface area contributed by atoms with Crippen LogP contribution >= 0.6 is 0 Å². The Hall–Kier alpha value is -2.60. The Balaban J connectivity index is 1.75. The van der Waals surface area contributed by atoms with Crippen LogP contribution in [0.3, 0.4) is 0 Å². The summed E-state index contributed by atoms with van der Waals surface area (Å²) in [6.45, 7) is 0.109. The lowest BCUT2D eigenvalue weighted by Crippen LogP contribution is -2.41. The number of amides is 2. The minimum atomic E-state index is -0.854. The van der Waals surface area contributed by atoms with Gasteiger partial charge < -0.3 is 20.2 Å². The van der Waals surface area contributed by atoms with Gasteiger partial charge in [-0.3, -0.25) is 9.59 Å². The summed E-state index contributed by atoms with van der Waals surface area (Å²) in [5.74, 6) is -1.01. The summed E-state index contributed by atoms with van der Waals surface area (Å²) in [4.78, 5) is 23.1. The predicted octanol–water partition coefficient (Wildman–Crippen LogP) is 0.746. The van der Waals surface area contributed by atoms with Gasteiger partial charge in [-0.2, -0.15) is 0 Å².